The van der Waals surface area contributed by atoms with Crippen molar-refractivity contribution in [1.82, 2.24) is 39.2 Å². The lowest BCUT2D eigenvalue weighted by Crippen LogP contribution is -2.43. The molecule has 0 radical (unpaired) electrons. The van der Waals surface area contributed by atoms with Gasteiger partial charge in [0, 0.05) is 69.3 Å². The summed E-state index contributed by atoms with van der Waals surface area (Å²) in [7, 11) is 0. The van der Waals surface area contributed by atoms with Crippen LogP contribution in [0, 0.1) is 0 Å². The minimum absolute atomic E-state index is 0.00880. The first-order valence-electron chi connectivity index (χ1n) is 18.1. The van der Waals surface area contributed by atoms with Gasteiger partial charge in [0.2, 0.25) is 5.91 Å². The number of nitrogens with one attached hydrogen (secondary N) is 2. The molecule has 0 spiro atoms. The number of aromatic nitrogens is 5. The van der Waals surface area contributed by atoms with Crippen LogP contribution >= 0.6 is 11.8 Å². The summed E-state index contributed by atoms with van der Waals surface area (Å²) in [5, 5.41) is 6.46. The van der Waals surface area contributed by atoms with E-state index in [2.05, 4.69) is 35.4 Å². The summed E-state index contributed by atoms with van der Waals surface area (Å²) in [5.74, 6) is 1.14. The molecule has 5 aromatic rings. The number of nitrogens with two attached hydrogens (primary N) is 1. The van der Waals surface area contributed by atoms with Gasteiger partial charge in [-0.15, -0.1) is 11.8 Å². The van der Waals surface area contributed by atoms with Gasteiger partial charge in [-0.05, 0) is 100 Å². The number of carbonyl (C=O) groups excluding carboxylic acids is 1. The standard InChI is InChI=1S/C23H26N6O2S.C15H20N4O/c30-21-15-32-20-5-3-17(26-23(20)27-21)14-25-16-7-10-28(11-8-16)12-13-29-19-2-1-9-24-18(19)4-6-22(29)31;16-12-5-8-18(9-6-12)10-11-19-14-2-1-7-17-13(14)3-4-15(19)20/h1-6,9,16,25H,7-8,10-15H2,(H,26,27,30);1-4,7,12H,5-6,8-11,16H2. The van der Waals surface area contributed by atoms with Crippen LogP contribution in [-0.2, 0) is 24.4 Å². The molecule has 0 aliphatic carbocycles. The Bertz CT molecular complexity index is 2120. The van der Waals surface area contributed by atoms with Gasteiger partial charge in [0.05, 0.1) is 38.4 Å². The highest BCUT2D eigenvalue weighted by molar-refractivity contribution is 8.00. The molecule has 8 rings (SSSR count). The predicted octanol–water partition coefficient (Wildman–Crippen LogP) is 2.91. The molecule has 1 amide bonds. The van der Waals surface area contributed by atoms with Gasteiger partial charge >= 0.3 is 0 Å². The highest BCUT2D eigenvalue weighted by atomic mass is 32.2. The maximum atomic E-state index is 12.4. The summed E-state index contributed by atoms with van der Waals surface area (Å²) in [6, 6.07) is 19.3. The molecule has 8 heterocycles. The fourth-order valence-electron chi connectivity index (χ4n) is 7.08. The second-order valence-electron chi connectivity index (χ2n) is 13.6. The third-order valence-electron chi connectivity index (χ3n) is 10.1. The molecule has 13 nitrogen and oxygen atoms in total. The van der Waals surface area contributed by atoms with Crippen LogP contribution in [0.1, 0.15) is 31.4 Å². The van der Waals surface area contributed by atoms with Crippen molar-refractivity contribution in [2.75, 3.05) is 50.3 Å². The smallest absolute Gasteiger partial charge is 0.251 e. The zero-order chi connectivity index (χ0) is 35.9. The number of fused-ring (bicyclic) bond motifs is 3. The molecule has 2 saturated heterocycles. The number of hydrogen-bond donors (Lipinski definition) is 3. The quantitative estimate of drug-likeness (QED) is 0.206. The lowest BCUT2D eigenvalue weighted by molar-refractivity contribution is -0.113. The summed E-state index contributed by atoms with van der Waals surface area (Å²) in [6.45, 7) is 7.86. The number of hydrogen-bond acceptors (Lipinski definition) is 11. The lowest BCUT2D eigenvalue weighted by Gasteiger charge is -2.32. The molecule has 0 atom stereocenters. The van der Waals surface area contributed by atoms with E-state index in [0.29, 0.717) is 43.3 Å². The van der Waals surface area contributed by atoms with Crippen LogP contribution in [0.5, 0.6) is 0 Å². The van der Waals surface area contributed by atoms with Gasteiger partial charge in [-0.2, -0.15) is 0 Å². The van der Waals surface area contributed by atoms with Crippen LogP contribution < -0.4 is 27.5 Å². The van der Waals surface area contributed by atoms with E-state index in [0.717, 1.165) is 97.6 Å². The monoisotopic (exact) mass is 722 g/mol. The summed E-state index contributed by atoms with van der Waals surface area (Å²) in [6.07, 6.45) is 7.72. The van der Waals surface area contributed by atoms with Crippen molar-refractivity contribution in [3.63, 3.8) is 0 Å². The number of likely N-dealkylation sites (tertiary alicyclic amines) is 2. The Kier molecular flexibility index (Phi) is 11.7. The number of amides is 1. The van der Waals surface area contributed by atoms with E-state index < -0.39 is 0 Å². The van der Waals surface area contributed by atoms with Crippen molar-refractivity contribution < 1.29 is 4.79 Å². The largest absolute Gasteiger partial charge is 0.328 e. The van der Waals surface area contributed by atoms with E-state index in [-0.39, 0.29) is 17.0 Å². The van der Waals surface area contributed by atoms with Crippen molar-refractivity contribution in [2.45, 2.75) is 62.3 Å². The number of rotatable bonds is 9. The third-order valence-corrected chi connectivity index (χ3v) is 11.2. The maximum Gasteiger partial charge on any atom is 0.251 e. The molecule has 52 heavy (non-hydrogen) atoms. The zero-order valence-electron chi connectivity index (χ0n) is 29.3. The summed E-state index contributed by atoms with van der Waals surface area (Å²) >= 11 is 1.53. The number of piperidine rings is 2. The van der Waals surface area contributed by atoms with E-state index >= 15 is 0 Å². The molecule has 14 heteroatoms. The minimum atomic E-state index is 0.00880. The third kappa shape index (κ3) is 8.93. The second-order valence-corrected chi connectivity index (χ2v) is 14.6. The average Bonchev–Trinajstić information content (AvgIpc) is 3.17. The van der Waals surface area contributed by atoms with Crippen molar-refractivity contribution >= 4 is 45.6 Å². The summed E-state index contributed by atoms with van der Waals surface area (Å²) < 4.78 is 3.64. The van der Waals surface area contributed by atoms with Gasteiger partial charge in [0.25, 0.3) is 11.1 Å². The molecule has 0 unspecified atom stereocenters. The number of pyridine rings is 5. The van der Waals surface area contributed by atoms with Crippen molar-refractivity contribution in [3.05, 3.63) is 99.5 Å². The van der Waals surface area contributed by atoms with E-state index in [1.54, 1.807) is 36.7 Å². The molecule has 272 valence electrons. The Balaban J connectivity index is 0.000000180. The van der Waals surface area contributed by atoms with Crippen LogP contribution in [-0.4, -0.2) is 96.9 Å². The fourth-order valence-corrected chi connectivity index (χ4v) is 7.84. The Hall–Kier alpha value is -4.47. The van der Waals surface area contributed by atoms with Gasteiger partial charge in [0.1, 0.15) is 5.82 Å². The first-order valence-corrected chi connectivity index (χ1v) is 19.1. The Morgan fingerprint density at radius 1 is 0.731 bits per heavy atom. The van der Waals surface area contributed by atoms with Gasteiger partial charge in [-0.25, -0.2) is 4.98 Å². The topological polar surface area (TPSA) is 156 Å². The number of anilines is 1. The molecule has 2 fully saturated rings. The van der Waals surface area contributed by atoms with Gasteiger partial charge in [-0.3, -0.25) is 24.4 Å². The van der Waals surface area contributed by atoms with E-state index in [1.165, 1.54) is 11.8 Å². The Labute approximate surface area is 306 Å². The van der Waals surface area contributed by atoms with Crippen LogP contribution in [0.2, 0.25) is 0 Å². The average molecular weight is 723 g/mol. The predicted molar refractivity (Wildman–Crippen MR) is 206 cm³/mol. The molecule has 3 aliphatic rings. The van der Waals surface area contributed by atoms with E-state index in [4.69, 9.17) is 5.73 Å². The van der Waals surface area contributed by atoms with Crippen LogP contribution in [0.3, 0.4) is 0 Å². The van der Waals surface area contributed by atoms with Crippen LogP contribution in [0.15, 0.2) is 87.5 Å². The molecule has 3 aliphatic heterocycles. The first kappa shape index (κ1) is 35.9. The number of thioether (sulfide) groups is 1. The van der Waals surface area contributed by atoms with Crippen molar-refractivity contribution in [3.8, 4) is 0 Å². The molecule has 0 bridgehead atoms. The van der Waals surface area contributed by atoms with Crippen molar-refractivity contribution in [1.29, 1.82) is 0 Å². The lowest BCUT2D eigenvalue weighted by atomic mass is 10.0. The maximum absolute atomic E-state index is 12.4. The van der Waals surface area contributed by atoms with Crippen LogP contribution in [0.25, 0.3) is 22.1 Å². The summed E-state index contributed by atoms with van der Waals surface area (Å²) in [5.41, 5.74) is 10.4. The molecular formula is C38H46N10O3S. The molecule has 5 aromatic heterocycles. The number of carbonyl (C=O) groups is 1. The van der Waals surface area contributed by atoms with Crippen molar-refractivity contribution in [2.24, 2.45) is 5.73 Å². The van der Waals surface area contributed by atoms with Gasteiger partial charge in [-0.1, -0.05) is 0 Å². The van der Waals surface area contributed by atoms with Crippen LogP contribution in [0.4, 0.5) is 5.82 Å². The highest BCUT2D eigenvalue weighted by Gasteiger charge is 2.21. The minimum Gasteiger partial charge on any atom is -0.328 e. The second kappa shape index (κ2) is 16.9. The number of nitrogens with zero attached hydrogens (tertiary/aromatic N) is 7. The molecule has 4 N–H and O–H groups in total. The van der Waals surface area contributed by atoms with Gasteiger partial charge < -0.3 is 35.3 Å². The fraction of sp³-hybridized carbons (Fsp3) is 0.421. The molecular weight excluding hydrogens is 677 g/mol. The molecule has 0 aromatic carbocycles. The van der Waals surface area contributed by atoms with E-state index in [9.17, 15) is 14.4 Å². The summed E-state index contributed by atoms with van der Waals surface area (Å²) in [4.78, 5) is 55.1. The first-order chi connectivity index (χ1) is 25.4. The zero-order valence-corrected chi connectivity index (χ0v) is 30.1. The molecule has 0 saturated carbocycles. The Morgan fingerprint density at radius 3 is 1.90 bits per heavy atom. The highest BCUT2D eigenvalue weighted by Crippen LogP contribution is 2.29. The Morgan fingerprint density at radius 2 is 1.31 bits per heavy atom. The SMILES string of the molecule is NC1CCN(CCn2c(=O)ccc3ncccc32)CC1.O=C1CSc2ccc(CNC3CCN(CCn4c(=O)ccc5ncccc54)CC3)nc2N1. The van der Waals surface area contributed by atoms with Gasteiger partial charge in [0.15, 0.2) is 0 Å². The van der Waals surface area contributed by atoms with E-state index in [1.807, 2.05) is 45.5 Å². The normalized spacial score (nSPS) is 17.4.